The van der Waals surface area contributed by atoms with Gasteiger partial charge in [0, 0.05) is 19.0 Å². The van der Waals surface area contributed by atoms with Gasteiger partial charge < -0.3 is 10.1 Å². The second kappa shape index (κ2) is 8.77. The zero-order valence-electron chi connectivity index (χ0n) is 16.8. The number of hydrogen-bond donors (Lipinski definition) is 1. The van der Waals surface area contributed by atoms with Crippen LogP contribution in [0.5, 0.6) is 0 Å². The van der Waals surface area contributed by atoms with Gasteiger partial charge in [0.15, 0.2) is 0 Å². The fraction of sp³-hybridized carbons (Fsp3) is 0.217. The largest absolute Gasteiger partial charge is 0.380 e. The first kappa shape index (κ1) is 20.3. The number of fused-ring (bicyclic) bond motifs is 1. The van der Waals surface area contributed by atoms with E-state index in [0.717, 1.165) is 32.6 Å². The highest BCUT2D eigenvalue weighted by Gasteiger charge is 2.16. The monoisotopic (exact) mass is 423 g/mol. The number of carbonyl (C=O) groups excluding carboxylic acids is 1. The summed E-state index contributed by atoms with van der Waals surface area (Å²) in [5.74, 6) is -0.367. The van der Waals surface area contributed by atoms with E-state index >= 15 is 0 Å². The molecule has 0 unspecified atom stereocenters. The topological polar surface area (TPSA) is 56.1 Å². The molecule has 1 amide bonds. The maximum atomic E-state index is 13.2. The molecular formula is C23H22FN3O2S. The van der Waals surface area contributed by atoms with Crippen molar-refractivity contribution < 1.29 is 13.9 Å². The molecule has 0 saturated carbocycles. The zero-order chi connectivity index (χ0) is 21.1. The van der Waals surface area contributed by atoms with Gasteiger partial charge in [-0.15, -0.1) is 11.3 Å². The number of amides is 1. The molecule has 0 saturated heterocycles. The first-order valence-electron chi connectivity index (χ1n) is 9.60. The summed E-state index contributed by atoms with van der Waals surface area (Å²) in [4.78, 5) is 14.3. The molecule has 0 bridgehead atoms. The quantitative estimate of drug-likeness (QED) is 0.470. The lowest BCUT2D eigenvalue weighted by molar-refractivity contribution is 0.0955. The molecule has 0 fully saturated rings. The molecule has 0 radical (unpaired) electrons. The van der Waals surface area contributed by atoms with Gasteiger partial charge in [0.05, 0.1) is 23.7 Å². The number of benzene rings is 2. The van der Waals surface area contributed by atoms with Crippen molar-refractivity contribution in [2.75, 3.05) is 7.11 Å². The van der Waals surface area contributed by atoms with Crippen molar-refractivity contribution in [3.8, 4) is 0 Å². The molecule has 7 heteroatoms. The Morgan fingerprint density at radius 1 is 1.10 bits per heavy atom. The van der Waals surface area contributed by atoms with Crippen LogP contribution in [0.3, 0.4) is 0 Å². The third kappa shape index (κ3) is 4.42. The molecule has 4 rings (SSSR count). The van der Waals surface area contributed by atoms with Crippen LogP contribution in [0.15, 0.2) is 54.6 Å². The summed E-state index contributed by atoms with van der Waals surface area (Å²) < 4.78 is 20.1. The van der Waals surface area contributed by atoms with Gasteiger partial charge in [0.25, 0.3) is 5.91 Å². The Kier molecular flexibility index (Phi) is 5.92. The van der Waals surface area contributed by atoms with Crippen LogP contribution in [0.4, 0.5) is 4.39 Å². The van der Waals surface area contributed by atoms with Crippen LogP contribution in [0.2, 0.25) is 0 Å². The van der Waals surface area contributed by atoms with Crippen molar-refractivity contribution in [2.45, 2.75) is 26.6 Å². The first-order valence-corrected chi connectivity index (χ1v) is 10.4. The Balaban J connectivity index is 1.47. The van der Waals surface area contributed by atoms with Gasteiger partial charge >= 0.3 is 0 Å². The molecule has 0 atom stereocenters. The number of carbonyl (C=O) groups is 1. The number of hydrogen-bond acceptors (Lipinski definition) is 4. The van der Waals surface area contributed by atoms with E-state index in [-0.39, 0.29) is 11.7 Å². The van der Waals surface area contributed by atoms with E-state index < -0.39 is 0 Å². The molecule has 1 N–H and O–H groups in total. The molecule has 2 aromatic carbocycles. The molecule has 4 aromatic rings. The van der Waals surface area contributed by atoms with Crippen LogP contribution in [0.25, 0.3) is 10.2 Å². The molecule has 0 aliphatic heterocycles. The zero-order valence-corrected chi connectivity index (χ0v) is 17.6. The van der Waals surface area contributed by atoms with Gasteiger partial charge in [-0.2, -0.15) is 5.10 Å². The van der Waals surface area contributed by atoms with Crippen molar-refractivity contribution in [1.82, 2.24) is 15.1 Å². The highest BCUT2D eigenvalue weighted by molar-refractivity contribution is 7.20. The van der Waals surface area contributed by atoms with Crippen molar-refractivity contribution in [3.05, 3.63) is 87.7 Å². The molecule has 30 heavy (non-hydrogen) atoms. The second-order valence-electron chi connectivity index (χ2n) is 7.13. The van der Waals surface area contributed by atoms with Gasteiger partial charge in [0.1, 0.15) is 10.6 Å². The van der Waals surface area contributed by atoms with Gasteiger partial charge in [-0.3, -0.25) is 9.48 Å². The number of thiophene rings is 1. The summed E-state index contributed by atoms with van der Waals surface area (Å²) in [5.41, 5.74) is 3.95. The minimum atomic E-state index is -0.260. The van der Waals surface area contributed by atoms with Crippen LogP contribution in [0.1, 0.15) is 32.1 Å². The predicted octanol–water partition coefficient (Wildman–Crippen LogP) is 4.67. The van der Waals surface area contributed by atoms with E-state index in [9.17, 15) is 9.18 Å². The summed E-state index contributed by atoms with van der Waals surface area (Å²) in [5, 5.41) is 8.53. The lowest BCUT2D eigenvalue weighted by atomic mass is 10.1. The van der Waals surface area contributed by atoms with Gasteiger partial charge in [-0.05, 0) is 41.8 Å². The third-order valence-corrected chi connectivity index (χ3v) is 6.01. The first-order chi connectivity index (χ1) is 14.5. The number of halogens is 1. The summed E-state index contributed by atoms with van der Waals surface area (Å²) in [6.07, 6.45) is 0. The summed E-state index contributed by atoms with van der Waals surface area (Å²) in [6.45, 7) is 3.49. The molecule has 154 valence electrons. The van der Waals surface area contributed by atoms with Crippen LogP contribution in [0, 0.1) is 12.7 Å². The van der Waals surface area contributed by atoms with Crippen LogP contribution < -0.4 is 5.32 Å². The Bertz CT molecular complexity index is 1160. The van der Waals surface area contributed by atoms with E-state index in [1.54, 1.807) is 19.2 Å². The molecule has 2 aromatic heterocycles. The van der Waals surface area contributed by atoms with E-state index in [0.29, 0.717) is 24.6 Å². The Morgan fingerprint density at radius 2 is 1.77 bits per heavy atom. The maximum Gasteiger partial charge on any atom is 0.261 e. The number of aryl methyl sites for hydroxylation is 1. The smallest absolute Gasteiger partial charge is 0.261 e. The molecule has 0 aliphatic rings. The summed E-state index contributed by atoms with van der Waals surface area (Å²) in [6, 6.07) is 16.2. The molecule has 0 spiro atoms. The fourth-order valence-corrected chi connectivity index (χ4v) is 4.36. The standard InChI is InChI=1S/C23H22FN3O2S/c1-15-20-11-21(22(28)25-12-16-3-5-18(6-4-16)14-29-2)30-23(20)27(26-15)13-17-7-9-19(24)10-8-17/h3-11H,12-14H2,1-2H3,(H,25,28). The van der Waals surface area contributed by atoms with E-state index in [1.165, 1.54) is 23.5 Å². The number of methoxy groups -OCH3 is 1. The molecule has 2 heterocycles. The number of nitrogens with zero attached hydrogens (tertiary/aromatic N) is 2. The van der Waals surface area contributed by atoms with Crippen LogP contribution >= 0.6 is 11.3 Å². The number of nitrogens with one attached hydrogen (secondary N) is 1. The second-order valence-corrected chi connectivity index (χ2v) is 8.16. The Morgan fingerprint density at radius 3 is 2.47 bits per heavy atom. The molecular weight excluding hydrogens is 401 g/mol. The average molecular weight is 424 g/mol. The molecule has 0 aliphatic carbocycles. The van der Waals surface area contributed by atoms with E-state index in [1.807, 2.05) is 41.9 Å². The van der Waals surface area contributed by atoms with Crippen molar-refractivity contribution in [3.63, 3.8) is 0 Å². The predicted molar refractivity (Wildman–Crippen MR) is 116 cm³/mol. The average Bonchev–Trinajstić information content (AvgIpc) is 3.31. The fourth-order valence-electron chi connectivity index (χ4n) is 3.28. The van der Waals surface area contributed by atoms with Crippen molar-refractivity contribution >= 4 is 27.5 Å². The minimum Gasteiger partial charge on any atom is -0.380 e. The lowest BCUT2D eigenvalue weighted by Gasteiger charge is -2.06. The van der Waals surface area contributed by atoms with Crippen molar-refractivity contribution in [1.29, 1.82) is 0 Å². The van der Waals surface area contributed by atoms with Gasteiger partial charge in [-0.1, -0.05) is 36.4 Å². The normalized spacial score (nSPS) is 11.2. The Hall–Kier alpha value is -3.03. The van der Waals surface area contributed by atoms with Gasteiger partial charge in [0.2, 0.25) is 0 Å². The lowest BCUT2D eigenvalue weighted by Crippen LogP contribution is -2.21. The highest BCUT2D eigenvalue weighted by atomic mass is 32.1. The highest BCUT2D eigenvalue weighted by Crippen LogP contribution is 2.29. The van der Waals surface area contributed by atoms with Crippen molar-refractivity contribution in [2.24, 2.45) is 0 Å². The minimum absolute atomic E-state index is 0.107. The SMILES string of the molecule is COCc1ccc(CNC(=O)c2cc3c(C)nn(Cc4ccc(F)cc4)c3s2)cc1. The number of aromatic nitrogens is 2. The van der Waals surface area contributed by atoms with E-state index in [2.05, 4.69) is 10.4 Å². The number of ether oxygens (including phenoxy) is 1. The molecule has 5 nitrogen and oxygen atoms in total. The van der Waals surface area contributed by atoms with E-state index in [4.69, 9.17) is 4.74 Å². The summed E-state index contributed by atoms with van der Waals surface area (Å²) in [7, 11) is 1.67. The van der Waals surface area contributed by atoms with Crippen LogP contribution in [-0.4, -0.2) is 22.8 Å². The maximum absolute atomic E-state index is 13.2. The Labute approximate surface area is 178 Å². The van der Waals surface area contributed by atoms with Crippen LogP contribution in [-0.2, 0) is 24.4 Å². The third-order valence-electron chi connectivity index (χ3n) is 4.86. The van der Waals surface area contributed by atoms with Gasteiger partial charge in [-0.25, -0.2) is 4.39 Å². The number of rotatable bonds is 7. The summed E-state index contributed by atoms with van der Waals surface area (Å²) >= 11 is 1.42.